The van der Waals surface area contributed by atoms with Crippen LogP contribution in [0.15, 0.2) is 36.5 Å². The van der Waals surface area contributed by atoms with Crippen LogP contribution in [-0.2, 0) is 17.8 Å². The fraction of sp³-hybridized carbons (Fsp3) is 0.360. The SMILES string of the molecule is CCCN(C)C(=O)COc1c(OC)ccc2cc3[n+](cc12)CCc1cc2c(cc1-3)OCO2. The van der Waals surface area contributed by atoms with Gasteiger partial charge >= 0.3 is 0 Å². The molecule has 0 atom stereocenters. The topological polar surface area (TPSA) is 61.1 Å². The zero-order valence-corrected chi connectivity index (χ0v) is 18.6. The maximum atomic E-state index is 12.4. The Hall–Kier alpha value is -3.48. The van der Waals surface area contributed by atoms with Crippen molar-refractivity contribution in [2.45, 2.75) is 26.3 Å². The number of amides is 1. The summed E-state index contributed by atoms with van der Waals surface area (Å²) < 4.78 is 25.0. The molecule has 0 N–H and O–H groups in total. The summed E-state index contributed by atoms with van der Waals surface area (Å²) in [7, 11) is 3.41. The minimum Gasteiger partial charge on any atom is -0.493 e. The number of methoxy groups -OCH3 is 1. The Balaban J connectivity index is 1.54. The van der Waals surface area contributed by atoms with E-state index in [1.807, 2.05) is 19.1 Å². The summed E-state index contributed by atoms with van der Waals surface area (Å²) in [6.45, 7) is 3.83. The number of rotatable bonds is 6. The third-order valence-corrected chi connectivity index (χ3v) is 6.12. The van der Waals surface area contributed by atoms with Crippen LogP contribution in [0.1, 0.15) is 18.9 Å². The summed E-state index contributed by atoms with van der Waals surface area (Å²) in [6.07, 6.45) is 3.90. The number of aryl methyl sites for hydroxylation is 2. The van der Waals surface area contributed by atoms with Crippen molar-refractivity contribution in [2.75, 3.05) is 34.1 Å². The second-order valence-corrected chi connectivity index (χ2v) is 8.17. The zero-order valence-electron chi connectivity index (χ0n) is 18.6. The lowest BCUT2D eigenvalue weighted by atomic mass is 9.95. The molecule has 0 bridgehead atoms. The molecule has 7 nitrogen and oxygen atoms in total. The molecule has 166 valence electrons. The lowest BCUT2D eigenvalue weighted by Crippen LogP contribution is -2.40. The normalized spacial score (nSPS) is 13.5. The Kier molecular flexibility index (Phi) is 5.25. The number of aromatic nitrogens is 1. The summed E-state index contributed by atoms with van der Waals surface area (Å²) in [5.41, 5.74) is 3.52. The Morgan fingerprint density at radius 1 is 1.19 bits per heavy atom. The second-order valence-electron chi connectivity index (χ2n) is 8.17. The van der Waals surface area contributed by atoms with Gasteiger partial charge in [0.25, 0.3) is 5.91 Å². The predicted octanol–water partition coefficient (Wildman–Crippen LogP) is 3.33. The molecule has 2 aliphatic heterocycles. The Labute approximate surface area is 187 Å². The van der Waals surface area contributed by atoms with Crippen LogP contribution < -0.4 is 23.5 Å². The van der Waals surface area contributed by atoms with Gasteiger partial charge in [0, 0.05) is 26.1 Å². The summed E-state index contributed by atoms with van der Waals surface area (Å²) in [6, 6.07) is 10.2. The molecular weight excluding hydrogens is 408 g/mol. The van der Waals surface area contributed by atoms with Gasteiger partial charge in [-0.25, -0.2) is 0 Å². The first-order valence-electron chi connectivity index (χ1n) is 10.9. The number of hydrogen-bond acceptors (Lipinski definition) is 5. The largest absolute Gasteiger partial charge is 0.493 e. The van der Waals surface area contributed by atoms with E-state index in [1.165, 1.54) is 5.56 Å². The molecule has 2 aromatic carbocycles. The minimum absolute atomic E-state index is 0.0277. The quantitative estimate of drug-likeness (QED) is 0.556. The van der Waals surface area contributed by atoms with Crippen molar-refractivity contribution < 1.29 is 28.3 Å². The number of ether oxygens (including phenoxy) is 4. The summed E-state index contributed by atoms with van der Waals surface area (Å²) in [5, 5.41) is 1.94. The van der Waals surface area contributed by atoms with Gasteiger partial charge in [-0.2, -0.15) is 4.57 Å². The highest BCUT2D eigenvalue weighted by Gasteiger charge is 2.28. The van der Waals surface area contributed by atoms with Crippen LogP contribution in [-0.4, -0.2) is 44.9 Å². The van der Waals surface area contributed by atoms with Gasteiger partial charge in [-0.05, 0) is 41.6 Å². The summed E-state index contributed by atoms with van der Waals surface area (Å²) >= 11 is 0. The number of carbonyl (C=O) groups excluding carboxylic acids is 1. The molecule has 0 aliphatic carbocycles. The molecule has 0 unspecified atom stereocenters. The highest BCUT2D eigenvalue weighted by atomic mass is 16.7. The van der Waals surface area contributed by atoms with Crippen molar-refractivity contribution in [1.29, 1.82) is 0 Å². The van der Waals surface area contributed by atoms with Gasteiger partial charge in [0.15, 0.2) is 42.3 Å². The molecule has 32 heavy (non-hydrogen) atoms. The van der Waals surface area contributed by atoms with E-state index in [-0.39, 0.29) is 19.3 Å². The minimum atomic E-state index is -0.0541. The zero-order chi connectivity index (χ0) is 22.2. The summed E-state index contributed by atoms with van der Waals surface area (Å²) in [4.78, 5) is 14.1. The van der Waals surface area contributed by atoms with Gasteiger partial charge < -0.3 is 23.8 Å². The molecule has 1 amide bonds. The van der Waals surface area contributed by atoms with E-state index in [0.717, 1.165) is 52.9 Å². The molecule has 3 heterocycles. The molecule has 0 radical (unpaired) electrons. The lowest BCUT2D eigenvalue weighted by molar-refractivity contribution is -0.686. The van der Waals surface area contributed by atoms with Crippen molar-refractivity contribution in [3.05, 3.63) is 42.1 Å². The third-order valence-electron chi connectivity index (χ3n) is 6.12. The van der Waals surface area contributed by atoms with E-state index in [4.69, 9.17) is 18.9 Å². The first kappa shape index (κ1) is 20.4. The number of hydrogen-bond donors (Lipinski definition) is 0. The number of pyridine rings is 1. The van der Waals surface area contributed by atoms with Gasteiger partial charge in [0.05, 0.1) is 18.1 Å². The van der Waals surface area contributed by atoms with Gasteiger partial charge in [-0.15, -0.1) is 0 Å². The first-order chi connectivity index (χ1) is 15.6. The summed E-state index contributed by atoms with van der Waals surface area (Å²) in [5.74, 6) is 2.75. The fourth-order valence-electron chi connectivity index (χ4n) is 4.41. The van der Waals surface area contributed by atoms with E-state index in [0.29, 0.717) is 18.0 Å². The van der Waals surface area contributed by atoms with Crippen LogP contribution in [0.2, 0.25) is 0 Å². The number of carbonyl (C=O) groups is 1. The van der Waals surface area contributed by atoms with Crippen LogP contribution in [0.25, 0.3) is 22.0 Å². The van der Waals surface area contributed by atoms with Crippen molar-refractivity contribution in [1.82, 2.24) is 4.90 Å². The maximum absolute atomic E-state index is 12.4. The van der Waals surface area contributed by atoms with Crippen molar-refractivity contribution >= 4 is 16.7 Å². The number of likely N-dealkylation sites (N-methyl/N-ethyl adjacent to an activating group) is 1. The van der Waals surface area contributed by atoms with E-state index in [2.05, 4.69) is 29.0 Å². The van der Waals surface area contributed by atoms with Gasteiger partial charge in [0.2, 0.25) is 12.5 Å². The van der Waals surface area contributed by atoms with Crippen LogP contribution >= 0.6 is 0 Å². The van der Waals surface area contributed by atoms with Crippen LogP contribution in [0, 0.1) is 0 Å². The number of nitrogens with zero attached hydrogens (tertiary/aromatic N) is 2. The Morgan fingerprint density at radius 3 is 2.78 bits per heavy atom. The third kappa shape index (κ3) is 3.47. The van der Waals surface area contributed by atoms with E-state index in [1.54, 1.807) is 19.1 Å². The first-order valence-corrected chi connectivity index (χ1v) is 10.9. The van der Waals surface area contributed by atoms with Gasteiger partial charge in [0.1, 0.15) is 0 Å². The van der Waals surface area contributed by atoms with Crippen LogP contribution in [0.3, 0.4) is 0 Å². The fourth-order valence-corrected chi connectivity index (χ4v) is 4.41. The van der Waals surface area contributed by atoms with Gasteiger partial charge in [-0.1, -0.05) is 6.92 Å². The molecule has 0 saturated heterocycles. The van der Waals surface area contributed by atoms with Gasteiger partial charge in [-0.3, -0.25) is 4.79 Å². The molecule has 0 fully saturated rings. The van der Waals surface area contributed by atoms with Crippen LogP contribution in [0.5, 0.6) is 23.0 Å². The average Bonchev–Trinajstić information content (AvgIpc) is 3.27. The Morgan fingerprint density at radius 2 is 2.00 bits per heavy atom. The van der Waals surface area contributed by atoms with E-state index in [9.17, 15) is 4.79 Å². The van der Waals surface area contributed by atoms with Crippen molar-refractivity contribution in [3.8, 4) is 34.3 Å². The molecular formula is C25H27N2O5+. The highest BCUT2D eigenvalue weighted by molar-refractivity contribution is 5.92. The number of fused-ring (bicyclic) bond motifs is 5. The van der Waals surface area contributed by atoms with E-state index >= 15 is 0 Å². The average molecular weight is 436 g/mol. The highest BCUT2D eigenvalue weighted by Crippen LogP contribution is 2.41. The lowest BCUT2D eigenvalue weighted by Gasteiger charge is -2.19. The van der Waals surface area contributed by atoms with E-state index < -0.39 is 0 Å². The van der Waals surface area contributed by atoms with Crippen molar-refractivity contribution in [3.63, 3.8) is 0 Å². The smallest absolute Gasteiger partial charge is 0.260 e. The predicted molar refractivity (Wildman–Crippen MR) is 119 cm³/mol. The molecule has 7 heteroatoms. The monoisotopic (exact) mass is 435 g/mol. The molecule has 0 spiro atoms. The number of benzene rings is 2. The van der Waals surface area contributed by atoms with Crippen molar-refractivity contribution in [2.24, 2.45) is 0 Å². The molecule has 2 aliphatic rings. The van der Waals surface area contributed by atoms with Crippen LogP contribution in [0.4, 0.5) is 0 Å². The standard InChI is InChI=1S/C25H27N2O5/c1-4-8-26(2)24(28)14-30-25-19-13-27-9-7-17-11-22-23(32-15-31-22)12-18(17)20(27)10-16(19)5-6-21(25)29-3/h5-6,10-13H,4,7-9,14-15H2,1-3H3/q+1. The Bertz CT molecular complexity index is 1210. The molecule has 3 aromatic rings. The molecule has 5 rings (SSSR count). The molecule has 1 aromatic heterocycles. The molecule has 0 saturated carbocycles. The maximum Gasteiger partial charge on any atom is 0.260 e. The second kappa shape index (κ2) is 8.22.